The molecule has 9 aromatic rings. The second kappa shape index (κ2) is 14.2. The van der Waals surface area contributed by atoms with E-state index in [0.29, 0.717) is 11.6 Å². The van der Waals surface area contributed by atoms with Crippen molar-refractivity contribution in [3.8, 4) is 56.2 Å². The van der Waals surface area contributed by atoms with Gasteiger partial charge in [0.2, 0.25) is 0 Å². The van der Waals surface area contributed by atoms with Crippen LogP contribution in [0.4, 0.5) is 0 Å². The van der Waals surface area contributed by atoms with Crippen LogP contribution in [-0.4, -0.2) is 15.0 Å². The zero-order valence-electron chi connectivity index (χ0n) is 30.0. The predicted molar refractivity (Wildman–Crippen MR) is 231 cm³/mol. The molecular weight excluding hydrogens is 687 g/mol. The van der Waals surface area contributed by atoms with E-state index < -0.39 is 0 Å². The summed E-state index contributed by atoms with van der Waals surface area (Å²) in [4.78, 5) is 15.4. The van der Waals surface area contributed by atoms with Gasteiger partial charge < -0.3 is 0 Å². The Balaban J connectivity index is 0.994. The Kier molecular flexibility index (Phi) is 8.51. The zero-order valence-corrected chi connectivity index (χ0v) is 30.8. The molecule has 1 aliphatic carbocycles. The number of hydrogen-bond acceptors (Lipinski definition) is 4. The van der Waals surface area contributed by atoms with Gasteiger partial charge in [0.15, 0.2) is 11.6 Å². The molecule has 1 atom stereocenters. The maximum absolute atomic E-state index is 5.15. The number of thiophene rings is 1. The van der Waals surface area contributed by atoms with E-state index in [-0.39, 0.29) is 5.92 Å². The SMILES string of the molecule is C1=CC(c2nc(-c3ccc(-c4ccccc4)cc3)nc(-c3ccc(-c4cccc(-c5ccccc5)c4)cc3)n2)CC=C1c1cccc2c1sc1ccccc12. The molecular formula is C51H35N3S. The van der Waals surface area contributed by atoms with Crippen molar-refractivity contribution in [2.45, 2.75) is 12.3 Å². The van der Waals surface area contributed by atoms with Gasteiger partial charge in [-0.1, -0.05) is 182 Å². The Morgan fingerprint density at radius 2 is 0.945 bits per heavy atom. The van der Waals surface area contributed by atoms with Crippen molar-refractivity contribution >= 4 is 37.1 Å². The minimum atomic E-state index is 0.0226. The van der Waals surface area contributed by atoms with Crippen LogP contribution >= 0.6 is 11.3 Å². The quantitative estimate of drug-likeness (QED) is 0.164. The maximum atomic E-state index is 5.15. The lowest BCUT2D eigenvalue weighted by atomic mass is 9.92. The molecule has 0 bridgehead atoms. The molecule has 0 saturated carbocycles. The molecule has 4 heteroatoms. The number of rotatable bonds is 7. The summed E-state index contributed by atoms with van der Waals surface area (Å²) in [5, 5.41) is 2.63. The van der Waals surface area contributed by atoms with Crippen molar-refractivity contribution in [2.24, 2.45) is 0 Å². The second-order valence-electron chi connectivity index (χ2n) is 13.9. The Morgan fingerprint density at radius 3 is 1.58 bits per heavy atom. The van der Waals surface area contributed by atoms with Gasteiger partial charge in [-0.25, -0.2) is 15.0 Å². The average Bonchev–Trinajstić information content (AvgIpc) is 3.66. The summed E-state index contributed by atoms with van der Waals surface area (Å²) in [5.74, 6) is 2.15. The predicted octanol–water partition coefficient (Wildman–Crippen LogP) is 13.7. The smallest absolute Gasteiger partial charge is 0.163 e. The van der Waals surface area contributed by atoms with Crippen LogP contribution in [0, 0.1) is 0 Å². The van der Waals surface area contributed by atoms with Gasteiger partial charge in [0.25, 0.3) is 0 Å². The topological polar surface area (TPSA) is 38.7 Å². The van der Waals surface area contributed by atoms with Crippen LogP contribution in [0.15, 0.2) is 194 Å². The fourth-order valence-corrected chi connectivity index (χ4v) is 8.80. The molecule has 0 fully saturated rings. The largest absolute Gasteiger partial charge is 0.212 e. The summed E-state index contributed by atoms with van der Waals surface area (Å²) < 4.78 is 2.65. The van der Waals surface area contributed by atoms with Gasteiger partial charge in [-0.15, -0.1) is 11.3 Å². The number of hydrogen-bond donors (Lipinski definition) is 0. The minimum Gasteiger partial charge on any atom is -0.212 e. The fraction of sp³-hybridized carbons (Fsp3) is 0.0392. The molecule has 0 saturated heterocycles. The van der Waals surface area contributed by atoms with Crippen LogP contribution in [0.5, 0.6) is 0 Å². The average molecular weight is 722 g/mol. The molecule has 10 rings (SSSR count). The first-order chi connectivity index (χ1) is 27.2. The first-order valence-electron chi connectivity index (χ1n) is 18.7. The van der Waals surface area contributed by atoms with E-state index in [9.17, 15) is 0 Å². The molecule has 3 nitrogen and oxygen atoms in total. The summed E-state index contributed by atoms with van der Waals surface area (Å²) in [6, 6.07) is 62.1. The molecule has 0 radical (unpaired) electrons. The first-order valence-corrected chi connectivity index (χ1v) is 19.5. The second-order valence-corrected chi connectivity index (χ2v) is 15.0. The maximum Gasteiger partial charge on any atom is 0.163 e. The van der Waals surface area contributed by atoms with E-state index in [1.165, 1.54) is 53.6 Å². The highest BCUT2D eigenvalue weighted by atomic mass is 32.1. The molecule has 1 unspecified atom stereocenters. The molecule has 0 N–H and O–H groups in total. The molecule has 0 spiro atoms. The highest BCUT2D eigenvalue weighted by Crippen LogP contribution is 2.40. The Bertz CT molecular complexity index is 2870. The van der Waals surface area contributed by atoms with Crippen LogP contribution < -0.4 is 0 Å². The highest BCUT2D eigenvalue weighted by molar-refractivity contribution is 7.26. The standard InChI is InChI=1S/C51H35N3S/c1-3-11-34(12-4-1)36-21-27-39(28-22-36)49-52-50(40-29-23-37(24-30-40)43-16-9-15-42(33-43)35-13-5-2-6-14-35)54-51(53-49)41-31-25-38(26-32-41)44-18-10-19-46-45-17-7-8-20-47(45)55-48(44)46/h1-31,33,41H,32H2. The molecule has 2 heterocycles. The van der Waals surface area contributed by atoms with E-state index in [2.05, 4.69) is 188 Å². The molecule has 0 aliphatic heterocycles. The zero-order chi connectivity index (χ0) is 36.6. The summed E-state index contributed by atoms with van der Waals surface area (Å²) in [6.45, 7) is 0. The van der Waals surface area contributed by atoms with E-state index >= 15 is 0 Å². The van der Waals surface area contributed by atoms with Crippen molar-refractivity contribution in [3.05, 3.63) is 206 Å². The van der Waals surface area contributed by atoms with Gasteiger partial charge >= 0.3 is 0 Å². The third kappa shape index (κ3) is 6.47. The fourth-order valence-electron chi connectivity index (χ4n) is 7.57. The summed E-state index contributed by atoms with van der Waals surface area (Å²) >= 11 is 1.87. The van der Waals surface area contributed by atoms with Crippen LogP contribution in [-0.2, 0) is 0 Å². The third-order valence-electron chi connectivity index (χ3n) is 10.5. The number of benzene rings is 7. The van der Waals surface area contributed by atoms with Gasteiger partial charge in [0.05, 0.1) is 0 Å². The monoisotopic (exact) mass is 721 g/mol. The van der Waals surface area contributed by atoms with Crippen LogP contribution in [0.25, 0.3) is 81.9 Å². The molecule has 0 amide bonds. The van der Waals surface area contributed by atoms with Gasteiger partial charge in [0.1, 0.15) is 5.82 Å². The van der Waals surface area contributed by atoms with Crippen molar-refractivity contribution in [2.75, 3.05) is 0 Å². The number of allylic oxidation sites excluding steroid dienone is 4. The van der Waals surface area contributed by atoms with Gasteiger partial charge in [0, 0.05) is 37.2 Å². The van der Waals surface area contributed by atoms with Crippen LogP contribution in [0.1, 0.15) is 23.7 Å². The van der Waals surface area contributed by atoms with E-state index in [1.54, 1.807) is 0 Å². The Labute approximate surface area is 324 Å². The normalized spacial score (nSPS) is 14.0. The van der Waals surface area contributed by atoms with Crippen molar-refractivity contribution in [1.82, 2.24) is 15.0 Å². The van der Waals surface area contributed by atoms with Crippen LogP contribution in [0.3, 0.4) is 0 Å². The number of nitrogens with zero attached hydrogens (tertiary/aromatic N) is 3. The number of aromatic nitrogens is 3. The first kappa shape index (κ1) is 32.9. The van der Waals surface area contributed by atoms with Crippen molar-refractivity contribution < 1.29 is 0 Å². The molecule has 7 aromatic carbocycles. The molecule has 260 valence electrons. The van der Waals surface area contributed by atoms with Crippen LogP contribution in [0.2, 0.25) is 0 Å². The summed E-state index contributed by atoms with van der Waals surface area (Å²) in [6.07, 6.45) is 7.68. The minimum absolute atomic E-state index is 0.0226. The lowest BCUT2D eigenvalue weighted by Crippen LogP contribution is -2.08. The lowest BCUT2D eigenvalue weighted by molar-refractivity contribution is 0.766. The van der Waals surface area contributed by atoms with Gasteiger partial charge in [-0.05, 0) is 63.1 Å². The molecule has 55 heavy (non-hydrogen) atoms. The van der Waals surface area contributed by atoms with E-state index in [4.69, 9.17) is 15.0 Å². The lowest BCUT2D eigenvalue weighted by Gasteiger charge is -2.17. The molecule has 2 aromatic heterocycles. The van der Waals surface area contributed by atoms with Gasteiger partial charge in [-0.2, -0.15) is 0 Å². The molecule has 1 aliphatic rings. The van der Waals surface area contributed by atoms with Crippen molar-refractivity contribution in [1.29, 1.82) is 0 Å². The summed E-state index contributed by atoms with van der Waals surface area (Å²) in [7, 11) is 0. The third-order valence-corrected chi connectivity index (χ3v) is 11.7. The number of fused-ring (bicyclic) bond motifs is 3. The van der Waals surface area contributed by atoms with Gasteiger partial charge in [-0.3, -0.25) is 0 Å². The Morgan fingerprint density at radius 1 is 0.436 bits per heavy atom. The van der Waals surface area contributed by atoms with E-state index in [0.717, 1.165) is 34.5 Å². The van der Waals surface area contributed by atoms with E-state index in [1.807, 2.05) is 17.4 Å². The Hall–Kier alpha value is -6.75. The van der Waals surface area contributed by atoms with Crippen molar-refractivity contribution in [3.63, 3.8) is 0 Å². The summed E-state index contributed by atoms with van der Waals surface area (Å²) in [5.41, 5.74) is 11.5. The highest BCUT2D eigenvalue weighted by Gasteiger charge is 2.20.